The number of hydrogen-bond donors (Lipinski definition) is 1. The zero-order valence-corrected chi connectivity index (χ0v) is 13.4. The molecule has 19 heavy (non-hydrogen) atoms. The standard InChI is InChI=1S/C15H32N2O2/c1-15(2)8-6-7-13(14(15)16-3)17(9-11-18-4)10-12-19-5/h13-14,16H,6-12H2,1-5H3. The molecule has 4 heteroatoms. The fourth-order valence-corrected chi connectivity index (χ4v) is 3.45. The van der Waals surface area contributed by atoms with E-state index < -0.39 is 0 Å². The van der Waals surface area contributed by atoms with Gasteiger partial charge in [-0.1, -0.05) is 20.3 Å². The van der Waals surface area contributed by atoms with Crippen LogP contribution >= 0.6 is 0 Å². The van der Waals surface area contributed by atoms with E-state index in [0.717, 1.165) is 26.3 Å². The van der Waals surface area contributed by atoms with Crippen LogP contribution in [-0.4, -0.2) is 64.6 Å². The molecule has 0 amide bonds. The van der Waals surface area contributed by atoms with Crippen molar-refractivity contribution in [1.82, 2.24) is 10.2 Å². The highest BCUT2D eigenvalue weighted by Gasteiger charge is 2.40. The van der Waals surface area contributed by atoms with E-state index in [1.165, 1.54) is 19.3 Å². The number of nitrogens with zero attached hydrogens (tertiary/aromatic N) is 1. The predicted octanol–water partition coefficient (Wildman–Crippen LogP) is 1.75. The zero-order chi connectivity index (χ0) is 14.3. The lowest BCUT2D eigenvalue weighted by Crippen LogP contribution is -2.59. The summed E-state index contributed by atoms with van der Waals surface area (Å²) in [6.45, 7) is 8.31. The van der Waals surface area contributed by atoms with Crippen LogP contribution in [-0.2, 0) is 9.47 Å². The highest BCUT2D eigenvalue weighted by Crippen LogP contribution is 2.37. The van der Waals surface area contributed by atoms with Crippen LogP contribution in [0.4, 0.5) is 0 Å². The lowest BCUT2D eigenvalue weighted by atomic mass is 9.70. The molecule has 114 valence electrons. The third kappa shape index (κ3) is 4.71. The van der Waals surface area contributed by atoms with E-state index in [2.05, 4.69) is 31.1 Å². The number of methoxy groups -OCH3 is 2. The van der Waals surface area contributed by atoms with Crippen LogP contribution in [0.3, 0.4) is 0 Å². The Morgan fingerprint density at radius 2 is 1.74 bits per heavy atom. The van der Waals surface area contributed by atoms with Gasteiger partial charge >= 0.3 is 0 Å². The van der Waals surface area contributed by atoms with Crippen LogP contribution in [0.1, 0.15) is 33.1 Å². The molecule has 2 unspecified atom stereocenters. The Kier molecular flexibility index (Phi) is 7.29. The van der Waals surface area contributed by atoms with Crippen molar-refractivity contribution < 1.29 is 9.47 Å². The van der Waals surface area contributed by atoms with Gasteiger partial charge < -0.3 is 14.8 Å². The molecule has 0 saturated heterocycles. The van der Waals surface area contributed by atoms with Gasteiger partial charge in [0.25, 0.3) is 0 Å². The van der Waals surface area contributed by atoms with Crippen molar-refractivity contribution in [1.29, 1.82) is 0 Å². The summed E-state index contributed by atoms with van der Waals surface area (Å²) >= 11 is 0. The second-order valence-electron chi connectivity index (χ2n) is 6.24. The molecule has 0 radical (unpaired) electrons. The van der Waals surface area contributed by atoms with E-state index in [-0.39, 0.29) is 0 Å². The Hall–Kier alpha value is -0.160. The third-order valence-electron chi connectivity index (χ3n) is 4.49. The maximum absolute atomic E-state index is 5.26. The molecule has 1 N–H and O–H groups in total. The van der Waals surface area contributed by atoms with Crippen molar-refractivity contribution in [3.63, 3.8) is 0 Å². The Labute approximate surface area is 118 Å². The highest BCUT2D eigenvalue weighted by molar-refractivity contribution is 4.97. The number of nitrogens with one attached hydrogen (secondary N) is 1. The summed E-state index contributed by atoms with van der Waals surface area (Å²) < 4.78 is 10.5. The smallest absolute Gasteiger partial charge is 0.0589 e. The molecule has 4 nitrogen and oxygen atoms in total. The van der Waals surface area contributed by atoms with Gasteiger partial charge in [-0.15, -0.1) is 0 Å². The average molecular weight is 272 g/mol. The minimum absolute atomic E-state index is 0.357. The van der Waals surface area contributed by atoms with E-state index >= 15 is 0 Å². The molecule has 0 aliphatic heterocycles. The van der Waals surface area contributed by atoms with Gasteiger partial charge in [-0.3, -0.25) is 4.90 Å². The molecule has 1 aliphatic carbocycles. The first kappa shape index (κ1) is 16.9. The quantitative estimate of drug-likeness (QED) is 0.730. The minimum atomic E-state index is 0.357. The van der Waals surface area contributed by atoms with Gasteiger partial charge in [-0.05, 0) is 25.3 Å². The number of ether oxygens (including phenoxy) is 2. The average Bonchev–Trinajstić information content (AvgIpc) is 2.38. The highest BCUT2D eigenvalue weighted by atomic mass is 16.5. The zero-order valence-electron chi connectivity index (χ0n) is 13.4. The van der Waals surface area contributed by atoms with Gasteiger partial charge in [-0.2, -0.15) is 0 Å². The largest absolute Gasteiger partial charge is 0.383 e. The fraction of sp³-hybridized carbons (Fsp3) is 1.00. The Balaban J connectivity index is 2.72. The summed E-state index contributed by atoms with van der Waals surface area (Å²) in [5.41, 5.74) is 0.357. The van der Waals surface area contributed by atoms with Crippen LogP contribution in [0, 0.1) is 5.41 Å². The van der Waals surface area contributed by atoms with Gasteiger partial charge in [0.15, 0.2) is 0 Å². The van der Waals surface area contributed by atoms with E-state index in [0.29, 0.717) is 17.5 Å². The summed E-state index contributed by atoms with van der Waals surface area (Å²) in [6.07, 6.45) is 3.88. The van der Waals surface area contributed by atoms with Crippen molar-refractivity contribution in [3.05, 3.63) is 0 Å². The van der Waals surface area contributed by atoms with Crippen LogP contribution < -0.4 is 5.32 Å². The number of likely N-dealkylation sites (N-methyl/N-ethyl adjacent to an activating group) is 1. The first-order valence-corrected chi connectivity index (χ1v) is 7.46. The SMILES string of the molecule is CNC1C(N(CCOC)CCOC)CCCC1(C)C. The Morgan fingerprint density at radius 3 is 2.21 bits per heavy atom. The molecule has 0 aromatic heterocycles. The van der Waals surface area contributed by atoms with Crippen molar-refractivity contribution in [2.24, 2.45) is 5.41 Å². The van der Waals surface area contributed by atoms with Crippen LogP contribution in [0.2, 0.25) is 0 Å². The number of hydrogen-bond acceptors (Lipinski definition) is 4. The molecule has 1 rings (SSSR count). The minimum Gasteiger partial charge on any atom is -0.383 e. The van der Waals surface area contributed by atoms with Crippen LogP contribution in [0.15, 0.2) is 0 Å². The molecule has 2 atom stereocenters. The maximum atomic E-state index is 5.26. The fourth-order valence-electron chi connectivity index (χ4n) is 3.45. The molecule has 0 heterocycles. The Morgan fingerprint density at radius 1 is 1.16 bits per heavy atom. The molecule has 0 spiro atoms. The summed E-state index contributed by atoms with van der Waals surface area (Å²) in [5.74, 6) is 0. The molecule has 1 saturated carbocycles. The lowest BCUT2D eigenvalue weighted by molar-refractivity contribution is 0.0224. The molecule has 0 bridgehead atoms. The van der Waals surface area contributed by atoms with Gasteiger partial charge in [0.2, 0.25) is 0 Å². The maximum Gasteiger partial charge on any atom is 0.0589 e. The molecule has 0 aromatic rings. The second-order valence-corrected chi connectivity index (χ2v) is 6.24. The first-order valence-electron chi connectivity index (χ1n) is 7.46. The molecule has 0 aromatic carbocycles. The monoisotopic (exact) mass is 272 g/mol. The van der Waals surface area contributed by atoms with Crippen LogP contribution in [0.5, 0.6) is 0 Å². The van der Waals surface area contributed by atoms with Gasteiger partial charge in [0.05, 0.1) is 13.2 Å². The van der Waals surface area contributed by atoms with E-state index in [9.17, 15) is 0 Å². The summed E-state index contributed by atoms with van der Waals surface area (Å²) in [7, 11) is 5.64. The van der Waals surface area contributed by atoms with E-state index in [1.807, 2.05) is 0 Å². The lowest BCUT2D eigenvalue weighted by Gasteiger charge is -2.48. The predicted molar refractivity (Wildman–Crippen MR) is 79.6 cm³/mol. The molecule has 1 aliphatic rings. The van der Waals surface area contributed by atoms with Gasteiger partial charge in [0, 0.05) is 39.4 Å². The number of rotatable bonds is 8. The van der Waals surface area contributed by atoms with Gasteiger partial charge in [-0.25, -0.2) is 0 Å². The van der Waals surface area contributed by atoms with Crippen molar-refractivity contribution in [2.45, 2.75) is 45.2 Å². The first-order chi connectivity index (χ1) is 9.06. The molecular formula is C15H32N2O2. The summed E-state index contributed by atoms with van der Waals surface area (Å²) in [6, 6.07) is 1.12. The normalized spacial score (nSPS) is 26.8. The topological polar surface area (TPSA) is 33.7 Å². The van der Waals surface area contributed by atoms with E-state index in [1.54, 1.807) is 14.2 Å². The van der Waals surface area contributed by atoms with Crippen molar-refractivity contribution in [3.8, 4) is 0 Å². The van der Waals surface area contributed by atoms with Crippen LogP contribution in [0.25, 0.3) is 0 Å². The van der Waals surface area contributed by atoms with Crippen molar-refractivity contribution >= 4 is 0 Å². The van der Waals surface area contributed by atoms with E-state index in [4.69, 9.17) is 9.47 Å². The summed E-state index contributed by atoms with van der Waals surface area (Å²) in [5, 5.41) is 3.55. The molecule has 1 fully saturated rings. The third-order valence-corrected chi connectivity index (χ3v) is 4.49. The Bertz CT molecular complexity index is 238. The van der Waals surface area contributed by atoms with Crippen molar-refractivity contribution in [2.75, 3.05) is 47.6 Å². The second kappa shape index (κ2) is 8.20. The summed E-state index contributed by atoms with van der Waals surface area (Å²) in [4.78, 5) is 2.54. The van der Waals surface area contributed by atoms with Gasteiger partial charge in [0.1, 0.15) is 0 Å². The molecular weight excluding hydrogens is 240 g/mol.